The van der Waals surface area contributed by atoms with Crippen molar-refractivity contribution in [2.75, 3.05) is 6.54 Å². The van der Waals surface area contributed by atoms with Crippen molar-refractivity contribution >= 4 is 29.3 Å². The van der Waals surface area contributed by atoms with Gasteiger partial charge in [0.05, 0.1) is 29.9 Å². The minimum Gasteiger partial charge on any atom is -0.356 e. The molecule has 1 aromatic heterocycles. The van der Waals surface area contributed by atoms with E-state index < -0.39 is 5.91 Å². The number of carbonyl (C=O) groups excluding carboxylic acids is 3. The Hall–Kier alpha value is -4.23. The second-order valence-corrected chi connectivity index (χ2v) is 9.30. The van der Waals surface area contributed by atoms with Crippen LogP contribution in [-0.4, -0.2) is 39.2 Å². The summed E-state index contributed by atoms with van der Waals surface area (Å²) in [5, 5.41) is 4.82. The van der Waals surface area contributed by atoms with Gasteiger partial charge in [-0.25, -0.2) is 0 Å². The first-order valence-corrected chi connectivity index (χ1v) is 11.9. The van der Waals surface area contributed by atoms with Crippen LogP contribution in [0.5, 0.6) is 0 Å². The Kier molecular flexibility index (Phi) is 5.42. The fourth-order valence-corrected chi connectivity index (χ4v) is 4.86. The Morgan fingerprint density at radius 3 is 2.47 bits per heavy atom. The molecule has 0 bridgehead atoms. The van der Waals surface area contributed by atoms with Crippen molar-refractivity contribution in [2.24, 2.45) is 0 Å². The van der Waals surface area contributed by atoms with E-state index in [4.69, 9.17) is 16.1 Å². The second kappa shape index (κ2) is 8.77. The van der Waals surface area contributed by atoms with Crippen molar-refractivity contribution in [3.63, 3.8) is 0 Å². The summed E-state index contributed by atoms with van der Waals surface area (Å²) in [6.45, 7) is 0.995. The molecule has 0 N–H and O–H groups in total. The third kappa shape index (κ3) is 3.78. The molecule has 3 aromatic carbocycles. The number of nitrogens with zero attached hydrogens (tertiary/aromatic N) is 3. The molecule has 0 saturated carbocycles. The zero-order valence-electron chi connectivity index (χ0n) is 19.1. The normalized spacial score (nSPS) is 14.7. The maximum Gasteiger partial charge on any atom is 0.261 e. The highest BCUT2D eigenvalue weighted by atomic mass is 35.5. The molecule has 3 amide bonds. The van der Waals surface area contributed by atoms with Crippen LogP contribution >= 0.6 is 11.6 Å². The van der Waals surface area contributed by atoms with Gasteiger partial charge in [-0.1, -0.05) is 47.1 Å². The number of halogens is 1. The summed E-state index contributed by atoms with van der Waals surface area (Å²) in [5.74, 6) is -0.338. The molecule has 0 unspecified atom stereocenters. The predicted molar refractivity (Wildman–Crippen MR) is 132 cm³/mol. The Labute approximate surface area is 211 Å². The summed E-state index contributed by atoms with van der Waals surface area (Å²) < 4.78 is 5.61. The minimum atomic E-state index is -0.390. The molecule has 0 spiro atoms. The average molecular weight is 498 g/mol. The number of rotatable bonds is 4. The van der Waals surface area contributed by atoms with Gasteiger partial charge in [-0.05, 0) is 48.0 Å². The summed E-state index contributed by atoms with van der Waals surface area (Å²) in [6.07, 6.45) is 0.561. The highest BCUT2D eigenvalue weighted by molar-refractivity contribution is 6.30. The van der Waals surface area contributed by atoms with Gasteiger partial charge in [0, 0.05) is 34.7 Å². The largest absolute Gasteiger partial charge is 0.356 e. The van der Waals surface area contributed by atoms with Gasteiger partial charge in [-0.2, -0.15) is 0 Å². The van der Waals surface area contributed by atoms with Gasteiger partial charge < -0.3 is 9.42 Å². The number of fused-ring (bicyclic) bond motifs is 2. The molecule has 0 saturated heterocycles. The molecular weight excluding hydrogens is 478 g/mol. The molecule has 178 valence electrons. The van der Waals surface area contributed by atoms with Crippen LogP contribution in [0.2, 0.25) is 5.02 Å². The van der Waals surface area contributed by atoms with E-state index in [9.17, 15) is 14.4 Å². The van der Waals surface area contributed by atoms with Crippen molar-refractivity contribution in [3.8, 4) is 11.3 Å². The lowest BCUT2D eigenvalue weighted by Crippen LogP contribution is -2.36. The molecule has 4 aromatic rings. The quantitative estimate of drug-likeness (QED) is 0.371. The number of hydrogen-bond acceptors (Lipinski definition) is 5. The third-order valence-electron chi connectivity index (χ3n) is 6.63. The summed E-state index contributed by atoms with van der Waals surface area (Å²) in [6, 6.07) is 21.3. The zero-order valence-corrected chi connectivity index (χ0v) is 19.9. The van der Waals surface area contributed by atoms with E-state index in [-0.39, 0.29) is 23.9 Å². The predicted octanol–water partition coefficient (Wildman–Crippen LogP) is 4.99. The van der Waals surface area contributed by atoms with Crippen LogP contribution in [0.4, 0.5) is 0 Å². The number of aromatic nitrogens is 1. The van der Waals surface area contributed by atoms with E-state index >= 15 is 0 Å². The molecule has 0 aliphatic carbocycles. The maximum atomic E-state index is 13.4. The Morgan fingerprint density at radius 1 is 0.944 bits per heavy atom. The van der Waals surface area contributed by atoms with Crippen LogP contribution in [0.15, 0.2) is 77.3 Å². The number of carbonyl (C=O) groups is 3. The highest BCUT2D eigenvalue weighted by Gasteiger charge is 2.36. The van der Waals surface area contributed by atoms with E-state index in [2.05, 4.69) is 5.16 Å². The number of benzene rings is 3. The van der Waals surface area contributed by atoms with E-state index in [1.54, 1.807) is 29.2 Å². The number of imide groups is 1. The van der Waals surface area contributed by atoms with Crippen LogP contribution in [0, 0.1) is 0 Å². The highest BCUT2D eigenvalue weighted by Crippen LogP contribution is 2.32. The van der Waals surface area contributed by atoms with Gasteiger partial charge in [-0.15, -0.1) is 0 Å². The number of amides is 3. The Balaban J connectivity index is 1.24. The van der Waals surface area contributed by atoms with Crippen LogP contribution in [-0.2, 0) is 19.5 Å². The van der Waals surface area contributed by atoms with Gasteiger partial charge >= 0.3 is 0 Å². The Morgan fingerprint density at radius 2 is 1.69 bits per heavy atom. The van der Waals surface area contributed by atoms with Gasteiger partial charge in [0.1, 0.15) is 0 Å². The fourth-order valence-electron chi connectivity index (χ4n) is 4.73. The van der Waals surface area contributed by atoms with Crippen molar-refractivity contribution in [1.29, 1.82) is 0 Å². The maximum absolute atomic E-state index is 13.4. The van der Waals surface area contributed by atoms with Crippen LogP contribution in [0.3, 0.4) is 0 Å². The van der Waals surface area contributed by atoms with Gasteiger partial charge in [0.25, 0.3) is 17.7 Å². The van der Waals surface area contributed by atoms with Gasteiger partial charge in [0.15, 0.2) is 5.76 Å². The lowest BCUT2D eigenvalue weighted by molar-refractivity contribution is 0.0642. The minimum absolute atomic E-state index is 0.187. The summed E-state index contributed by atoms with van der Waals surface area (Å²) in [4.78, 5) is 42.3. The summed E-state index contributed by atoms with van der Waals surface area (Å²) >= 11 is 6.01. The second-order valence-electron chi connectivity index (χ2n) is 8.86. The van der Waals surface area contributed by atoms with Gasteiger partial charge in [0.2, 0.25) is 0 Å². The van der Waals surface area contributed by atoms with Crippen molar-refractivity contribution in [2.45, 2.75) is 19.5 Å². The smallest absolute Gasteiger partial charge is 0.261 e. The molecule has 8 heteroatoms. The molecule has 2 aliphatic rings. The van der Waals surface area contributed by atoms with E-state index in [1.165, 1.54) is 11.0 Å². The zero-order chi connectivity index (χ0) is 24.8. The van der Waals surface area contributed by atoms with Crippen LogP contribution in [0.1, 0.15) is 47.9 Å². The Bertz CT molecular complexity index is 1510. The van der Waals surface area contributed by atoms with Crippen molar-refractivity contribution < 1.29 is 18.9 Å². The monoisotopic (exact) mass is 497 g/mol. The SMILES string of the molecule is O=C(c1ccc2c(c1)C(=O)N(Cc1ccccc1)C2=O)N1CCc2noc(-c3ccc(Cl)cc3)c2C1. The van der Waals surface area contributed by atoms with Gasteiger partial charge in [-0.3, -0.25) is 19.3 Å². The summed E-state index contributed by atoms with van der Waals surface area (Å²) in [7, 11) is 0. The molecule has 0 fully saturated rings. The number of hydrogen-bond donors (Lipinski definition) is 0. The van der Waals surface area contributed by atoms with Crippen LogP contribution in [0.25, 0.3) is 11.3 Å². The lowest BCUT2D eigenvalue weighted by atomic mass is 10.00. The summed E-state index contributed by atoms with van der Waals surface area (Å²) in [5.41, 5.74) is 4.32. The first-order chi connectivity index (χ1) is 17.5. The topological polar surface area (TPSA) is 83.7 Å². The van der Waals surface area contributed by atoms with Crippen molar-refractivity contribution in [3.05, 3.63) is 111 Å². The molecule has 36 heavy (non-hydrogen) atoms. The fraction of sp³-hybridized carbons (Fsp3) is 0.143. The average Bonchev–Trinajstić information content (AvgIpc) is 3.43. The molecule has 2 aliphatic heterocycles. The molecular formula is C28H20ClN3O4. The molecule has 7 nitrogen and oxygen atoms in total. The standard InChI is InChI=1S/C28H20ClN3O4/c29-20-9-6-18(7-10-20)25-23-16-31(13-12-24(23)30-36-25)26(33)19-8-11-21-22(14-19)28(35)32(27(21)34)15-17-4-2-1-3-5-17/h1-11,14H,12-13,15-16H2. The first-order valence-electron chi connectivity index (χ1n) is 11.6. The van der Waals surface area contributed by atoms with Crippen LogP contribution < -0.4 is 0 Å². The van der Waals surface area contributed by atoms with E-state index in [0.29, 0.717) is 41.4 Å². The van der Waals surface area contributed by atoms with E-state index in [0.717, 1.165) is 22.4 Å². The molecule has 6 rings (SSSR count). The van der Waals surface area contributed by atoms with E-state index in [1.807, 2.05) is 42.5 Å². The molecule has 0 radical (unpaired) electrons. The first kappa shape index (κ1) is 22.2. The van der Waals surface area contributed by atoms with Crippen molar-refractivity contribution in [1.82, 2.24) is 15.0 Å². The molecule has 3 heterocycles. The molecule has 0 atom stereocenters. The lowest BCUT2D eigenvalue weighted by Gasteiger charge is -2.26. The third-order valence-corrected chi connectivity index (χ3v) is 6.88.